The first kappa shape index (κ1) is 21.9. The van der Waals surface area contributed by atoms with E-state index in [0.29, 0.717) is 29.5 Å². The van der Waals surface area contributed by atoms with Crippen LogP contribution in [0.4, 0.5) is 0 Å². The van der Waals surface area contributed by atoms with Crippen molar-refractivity contribution in [3.8, 4) is 0 Å². The molecule has 0 amide bonds. The molecule has 7 atom stereocenters. The van der Waals surface area contributed by atoms with Crippen LogP contribution in [0.15, 0.2) is 0 Å². The number of ketones is 1. The number of hydrogen-bond acceptors (Lipinski definition) is 4. The molecule has 31 heavy (non-hydrogen) atoms. The van der Waals surface area contributed by atoms with Gasteiger partial charge in [-0.2, -0.15) is 0 Å². The van der Waals surface area contributed by atoms with E-state index >= 15 is 0 Å². The summed E-state index contributed by atoms with van der Waals surface area (Å²) < 4.78 is 11.4. The van der Waals surface area contributed by atoms with Gasteiger partial charge in [0.2, 0.25) is 0 Å². The normalized spacial score (nSPS) is 45.5. The van der Waals surface area contributed by atoms with Crippen LogP contribution in [0.5, 0.6) is 0 Å². The number of quaternary nitrogens is 1. The molecule has 5 heteroatoms. The van der Waals surface area contributed by atoms with Crippen LogP contribution < -0.4 is 4.90 Å². The van der Waals surface area contributed by atoms with Gasteiger partial charge in [0.15, 0.2) is 0 Å². The van der Waals surface area contributed by atoms with Gasteiger partial charge in [0.1, 0.15) is 25.0 Å². The second-order valence-electron chi connectivity index (χ2n) is 11.8. The van der Waals surface area contributed by atoms with Crippen LogP contribution in [0, 0.1) is 34.5 Å². The standard InChI is InChI=1S/C26H41NO4/c1-25-10-7-19(31-24(29)9-12-27-13-15-30-16-14-27)17-18(25)3-4-20-21-5-6-23(28)26(21,2)11-8-22(20)25/h18-22H,3-17H2,1-2H3/p+1/t18-,19-,20-,21-,22-,25-,26-/m0/s1. The molecule has 0 aromatic carbocycles. The fraction of sp³-hybridized carbons (Fsp3) is 0.923. The van der Waals surface area contributed by atoms with Gasteiger partial charge < -0.3 is 14.4 Å². The molecule has 0 bridgehead atoms. The Hall–Kier alpha value is -0.940. The zero-order chi connectivity index (χ0) is 21.6. The molecule has 1 saturated heterocycles. The number of fused-ring (bicyclic) bond motifs is 5. The van der Waals surface area contributed by atoms with E-state index in [4.69, 9.17) is 9.47 Å². The lowest BCUT2D eigenvalue weighted by Gasteiger charge is -2.60. The highest BCUT2D eigenvalue weighted by Gasteiger charge is 2.60. The van der Waals surface area contributed by atoms with Crippen LogP contribution in [0.2, 0.25) is 0 Å². The Labute approximate surface area is 187 Å². The minimum absolute atomic E-state index is 0.000758. The van der Waals surface area contributed by atoms with E-state index in [-0.39, 0.29) is 17.5 Å². The van der Waals surface area contributed by atoms with Gasteiger partial charge in [0.25, 0.3) is 0 Å². The molecule has 1 aliphatic heterocycles. The second-order valence-corrected chi connectivity index (χ2v) is 11.8. The van der Waals surface area contributed by atoms with Crippen molar-refractivity contribution >= 4 is 11.8 Å². The largest absolute Gasteiger partial charge is 0.462 e. The lowest BCUT2D eigenvalue weighted by atomic mass is 9.45. The van der Waals surface area contributed by atoms with E-state index in [2.05, 4.69) is 13.8 Å². The van der Waals surface area contributed by atoms with Crippen molar-refractivity contribution in [1.82, 2.24) is 0 Å². The maximum Gasteiger partial charge on any atom is 0.311 e. The highest BCUT2D eigenvalue weighted by atomic mass is 16.5. The molecular weight excluding hydrogens is 390 g/mol. The smallest absolute Gasteiger partial charge is 0.311 e. The molecular formula is C26H42NO4+. The Morgan fingerprint density at radius 3 is 2.68 bits per heavy atom. The first-order valence-corrected chi connectivity index (χ1v) is 13.0. The van der Waals surface area contributed by atoms with Crippen LogP contribution in [0.1, 0.15) is 78.1 Å². The van der Waals surface area contributed by atoms with E-state index < -0.39 is 0 Å². The van der Waals surface area contributed by atoms with Crippen LogP contribution >= 0.6 is 0 Å². The molecule has 5 rings (SSSR count). The minimum Gasteiger partial charge on any atom is -0.462 e. The number of Topliss-reactive ketones (excluding diaryl/α,β-unsaturated/α-hetero) is 1. The number of ether oxygens (including phenoxy) is 2. The Balaban J connectivity index is 1.17. The molecule has 0 unspecified atom stereocenters. The average Bonchev–Trinajstić information content (AvgIpc) is 3.08. The molecule has 5 aliphatic rings. The number of carbonyl (C=O) groups is 2. The van der Waals surface area contributed by atoms with Crippen molar-refractivity contribution in [3.05, 3.63) is 0 Å². The Morgan fingerprint density at radius 1 is 1.06 bits per heavy atom. The van der Waals surface area contributed by atoms with Gasteiger partial charge in [-0.15, -0.1) is 0 Å². The predicted octanol–water partition coefficient (Wildman–Crippen LogP) is 2.82. The van der Waals surface area contributed by atoms with Gasteiger partial charge in [0, 0.05) is 11.8 Å². The lowest BCUT2D eigenvalue weighted by Crippen LogP contribution is -3.14. The zero-order valence-corrected chi connectivity index (χ0v) is 19.6. The van der Waals surface area contributed by atoms with Crippen molar-refractivity contribution < 1.29 is 24.0 Å². The van der Waals surface area contributed by atoms with E-state index in [1.807, 2.05) is 0 Å². The van der Waals surface area contributed by atoms with Crippen molar-refractivity contribution in [1.29, 1.82) is 0 Å². The summed E-state index contributed by atoms with van der Waals surface area (Å²) in [6, 6.07) is 0. The third-order valence-electron chi connectivity index (χ3n) is 10.5. The van der Waals surface area contributed by atoms with E-state index in [1.165, 1.54) is 30.6 Å². The maximum atomic E-state index is 12.6. The monoisotopic (exact) mass is 432 g/mol. The summed E-state index contributed by atoms with van der Waals surface area (Å²) >= 11 is 0. The van der Waals surface area contributed by atoms with Crippen molar-refractivity contribution in [3.63, 3.8) is 0 Å². The van der Waals surface area contributed by atoms with Crippen LogP contribution in [-0.4, -0.2) is 50.7 Å². The zero-order valence-electron chi connectivity index (χ0n) is 19.6. The Bertz CT molecular complexity index is 704. The summed E-state index contributed by atoms with van der Waals surface area (Å²) in [6.45, 7) is 9.31. The van der Waals surface area contributed by atoms with Crippen molar-refractivity contribution in [2.24, 2.45) is 34.5 Å². The third kappa shape index (κ3) is 3.88. The van der Waals surface area contributed by atoms with Gasteiger partial charge in [-0.3, -0.25) is 9.59 Å². The number of morpholine rings is 1. The van der Waals surface area contributed by atoms with Gasteiger partial charge in [-0.25, -0.2) is 0 Å². The summed E-state index contributed by atoms with van der Waals surface area (Å²) in [6.07, 6.45) is 10.7. The fourth-order valence-electron chi connectivity index (χ4n) is 8.53. The molecule has 5 nitrogen and oxygen atoms in total. The number of carbonyl (C=O) groups excluding carboxylic acids is 2. The molecule has 1 N–H and O–H groups in total. The topological polar surface area (TPSA) is 57.0 Å². The SMILES string of the molecule is C[C@]12CC[C@H](OC(=O)CC[NH+]3CCOCC3)C[C@@H]1CC[C@@H]1[C@@H]2CC[C@]2(C)C(=O)CC[C@@H]12. The first-order chi connectivity index (χ1) is 14.9. The molecule has 0 spiro atoms. The molecule has 0 aromatic rings. The lowest BCUT2D eigenvalue weighted by molar-refractivity contribution is -0.907. The summed E-state index contributed by atoms with van der Waals surface area (Å²) in [5, 5.41) is 0. The first-order valence-electron chi connectivity index (χ1n) is 13.0. The van der Waals surface area contributed by atoms with Crippen LogP contribution in [0.25, 0.3) is 0 Å². The summed E-state index contributed by atoms with van der Waals surface area (Å²) in [4.78, 5) is 26.6. The second kappa shape index (κ2) is 8.44. The Kier molecular flexibility index (Phi) is 5.96. The number of hydrogen-bond donors (Lipinski definition) is 1. The summed E-state index contributed by atoms with van der Waals surface area (Å²) in [5.74, 6) is 3.33. The maximum absolute atomic E-state index is 12.6. The van der Waals surface area contributed by atoms with Crippen LogP contribution in [-0.2, 0) is 19.1 Å². The van der Waals surface area contributed by atoms with E-state index in [1.54, 1.807) is 0 Å². The van der Waals surface area contributed by atoms with E-state index in [0.717, 1.165) is 76.8 Å². The van der Waals surface area contributed by atoms with Crippen LogP contribution in [0.3, 0.4) is 0 Å². The van der Waals surface area contributed by atoms with Crippen molar-refractivity contribution in [2.45, 2.75) is 84.2 Å². The molecule has 4 saturated carbocycles. The number of rotatable bonds is 4. The molecule has 5 fully saturated rings. The number of esters is 1. The third-order valence-corrected chi connectivity index (χ3v) is 10.5. The fourth-order valence-corrected chi connectivity index (χ4v) is 8.53. The van der Waals surface area contributed by atoms with Gasteiger partial charge in [-0.1, -0.05) is 13.8 Å². The molecule has 0 aromatic heterocycles. The summed E-state index contributed by atoms with van der Waals surface area (Å²) in [7, 11) is 0. The predicted molar refractivity (Wildman–Crippen MR) is 118 cm³/mol. The van der Waals surface area contributed by atoms with Crippen molar-refractivity contribution in [2.75, 3.05) is 32.8 Å². The highest BCUT2D eigenvalue weighted by Crippen LogP contribution is 2.65. The molecule has 174 valence electrons. The summed E-state index contributed by atoms with van der Waals surface area (Å²) in [5.41, 5.74) is 0.344. The van der Waals surface area contributed by atoms with Gasteiger partial charge in [-0.05, 0) is 80.5 Å². The average molecular weight is 433 g/mol. The van der Waals surface area contributed by atoms with Gasteiger partial charge >= 0.3 is 5.97 Å². The highest BCUT2D eigenvalue weighted by molar-refractivity contribution is 5.87. The number of nitrogens with one attached hydrogen (secondary N) is 1. The molecule has 1 heterocycles. The minimum atomic E-state index is -0.0282. The quantitative estimate of drug-likeness (QED) is 0.694. The molecule has 0 radical (unpaired) electrons. The molecule has 4 aliphatic carbocycles. The Morgan fingerprint density at radius 2 is 1.87 bits per heavy atom. The van der Waals surface area contributed by atoms with E-state index in [9.17, 15) is 9.59 Å². The van der Waals surface area contributed by atoms with Gasteiger partial charge in [0.05, 0.1) is 26.2 Å².